The number of amides is 2. The van der Waals surface area contributed by atoms with Crippen molar-refractivity contribution in [2.75, 3.05) is 35.4 Å². The lowest BCUT2D eigenvalue weighted by molar-refractivity contribution is -0.116. The van der Waals surface area contributed by atoms with Crippen LogP contribution in [0.15, 0.2) is 48.5 Å². The summed E-state index contributed by atoms with van der Waals surface area (Å²) in [6.07, 6.45) is 3.18. The quantitative estimate of drug-likeness (QED) is 0.463. The van der Waals surface area contributed by atoms with Crippen molar-refractivity contribution in [2.24, 2.45) is 0 Å². The van der Waals surface area contributed by atoms with Gasteiger partial charge in [0, 0.05) is 38.3 Å². The molecule has 0 aliphatic carbocycles. The molecule has 0 unspecified atom stereocenters. The predicted molar refractivity (Wildman–Crippen MR) is 112 cm³/mol. The Bertz CT molecular complexity index is 757. The van der Waals surface area contributed by atoms with E-state index in [1.54, 1.807) is 12.1 Å². The summed E-state index contributed by atoms with van der Waals surface area (Å²) in [5, 5.41) is 5.70. The van der Waals surface area contributed by atoms with Gasteiger partial charge in [0.1, 0.15) is 0 Å². The number of unbranched alkanes of at least 4 members (excludes halogenated alkanes) is 2. The second kappa shape index (κ2) is 10.2. The number of hydrogen-bond donors (Lipinski definition) is 3. The number of hydrogen-bond acceptors (Lipinski definition) is 4. The summed E-state index contributed by atoms with van der Waals surface area (Å²) < 4.78 is 0. The van der Waals surface area contributed by atoms with Crippen LogP contribution in [0.1, 0.15) is 32.1 Å². The number of rotatable bonds is 9. The van der Waals surface area contributed by atoms with Crippen molar-refractivity contribution in [3.05, 3.63) is 48.5 Å². The molecule has 2 rings (SSSR count). The molecule has 0 aromatic heterocycles. The number of nitrogen functional groups attached to an aromatic ring is 1. The molecule has 144 valence electrons. The molecular weight excluding hydrogens is 340 g/mol. The highest BCUT2D eigenvalue weighted by molar-refractivity contribution is 5.93. The molecule has 0 aliphatic rings. The predicted octanol–water partition coefficient (Wildman–Crippen LogP) is 3.86. The Labute approximate surface area is 160 Å². The molecule has 0 saturated carbocycles. The third-order valence-electron chi connectivity index (χ3n) is 4.21. The Morgan fingerprint density at radius 3 is 2.04 bits per heavy atom. The molecule has 0 fully saturated rings. The van der Waals surface area contributed by atoms with Crippen molar-refractivity contribution < 1.29 is 9.59 Å². The van der Waals surface area contributed by atoms with Crippen LogP contribution in [0.25, 0.3) is 0 Å². The summed E-state index contributed by atoms with van der Waals surface area (Å²) in [5.41, 5.74) is 8.88. The first-order valence-corrected chi connectivity index (χ1v) is 9.17. The van der Waals surface area contributed by atoms with Crippen LogP contribution in [0.4, 0.5) is 22.7 Å². The van der Waals surface area contributed by atoms with Gasteiger partial charge >= 0.3 is 0 Å². The van der Waals surface area contributed by atoms with Crippen LogP contribution in [0.2, 0.25) is 0 Å². The van der Waals surface area contributed by atoms with Gasteiger partial charge in [-0.1, -0.05) is 18.6 Å². The number of carbonyl (C=O) groups excluding carboxylic acids is 2. The molecule has 0 radical (unpaired) electrons. The molecule has 6 nitrogen and oxygen atoms in total. The molecule has 0 bridgehead atoms. The van der Waals surface area contributed by atoms with Crippen molar-refractivity contribution in [1.82, 2.24) is 0 Å². The monoisotopic (exact) mass is 368 g/mol. The Kier molecular flexibility index (Phi) is 7.67. The minimum absolute atomic E-state index is 0.00545. The van der Waals surface area contributed by atoms with Gasteiger partial charge in [0.05, 0.1) is 11.4 Å². The van der Waals surface area contributed by atoms with Gasteiger partial charge in [-0.25, -0.2) is 0 Å². The van der Waals surface area contributed by atoms with E-state index < -0.39 is 0 Å². The van der Waals surface area contributed by atoms with Gasteiger partial charge in [0.25, 0.3) is 0 Å². The first-order chi connectivity index (χ1) is 13.0. The normalized spacial score (nSPS) is 10.3. The molecule has 27 heavy (non-hydrogen) atoms. The van der Waals surface area contributed by atoms with Crippen molar-refractivity contribution in [3.63, 3.8) is 0 Å². The second-order valence-corrected chi connectivity index (χ2v) is 6.69. The Hall–Kier alpha value is -3.02. The summed E-state index contributed by atoms with van der Waals surface area (Å²) >= 11 is 0. The van der Waals surface area contributed by atoms with E-state index in [1.165, 1.54) is 0 Å². The van der Waals surface area contributed by atoms with Gasteiger partial charge in [-0.2, -0.15) is 0 Å². The van der Waals surface area contributed by atoms with Crippen LogP contribution in [0.5, 0.6) is 0 Å². The zero-order valence-corrected chi connectivity index (χ0v) is 16.0. The van der Waals surface area contributed by atoms with Gasteiger partial charge in [-0.3, -0.25) is 9.59 Å². The zero-order valence-electron chi connectivity index (χ0n) is 16.0. The van der Waals surface area contributed by atoms with E-state index in [-0.39, 0.29) is 11.8 Å². The Morgan fingerprint density at radius 1 is 0.852 bits per heavy atom. The summed E-state index contributed by atoms with van der Waals surface area (Å²) in [5.74, 6) is -0.0625. The fourth-order valence-corrected chi connectivity index (χ4v) is 2.64. The Balaban J connectivity index is 1.61. The number of nitrogens with two attached hydrogens (primary N) is 1. The van der Waals surface area contributed by atoms with Crippen molar-refractivity contribution in [1.29, 1.82) is 0 Å². The molecular formula is C21H28N4O2. The van der Waals surface area contributed by atoms with Gasteiger partial charge in [-0.15, -0.1) is 0 Å². The van der Waals surface area contributed by atoms with Gasteiger partial charge < -0.3 is 21.3 Å². The van der Waals surface area contributed by atoms with Crippen LogP contribution < -0.4 is 21.3 Å². The number of nitrogens with one attached hydrogen (secondary N) is 2. The zero-order chi connectivity index (χ0) is 19.6. The van der Waals surface area contributed by atoms with Gasteiger partial charge in [0.15, 0.2) is 0 Å². The van der Waals surface area contributed by atoms with E-state index in [0.29, 0.717) is 24.2 Å². The first kappa shape index (κ1) is 20.3. The third kappa shape index (κ3) is 7.01. The standard InChI is InChI=1S/C21H28N4O2/c1-25(2)17-14-12-16(13-15-17)23-20(26)10-4-3-5-11-21(27)24-19-9-7-6-8-18(19)22/h6-9,12-15H,3-5,10-11,22H2,1-2H3,(H,23,26)(H,24,27). The Morgan fingerprint density at radius 2 is 1.44 bits per heavy atom. The second-order valence-electron chi connectivity index (χ2n) is 6.69. The summed E-state index contributed by atoms with van der Waals surface area (Å²) in [6.45, 7) is 0. The maximum Gasteiger partial charge on any atom is 0.224 e. The number of benzene rings is 2. The highest BCUT2D eigenvalue weighted by atomic mass is 16.2. The molecule has 0 aliphatic heterocycles. The van der Waals surface area contributed by atoms with E-state index in [2.05, 4.69) is 10.6 Å². The minimum Gasteiger partial charge on any atom is -0.397 e. The average molecular weight is 368 g/mol. The SMILES string of the molecule is CN(C)c1ccc(NC(=O)CCCCCC(=O)Nc2ccccc2N)cc1. The molecule has 2 amide bonds. The highest BCUT2D eigenvalue weighted by Gasteiger charge is 2.06. The first-order valence-electron chi connectivity index (χ1n) is 9.17. The largest absolute Gasteiger partial charge is 0.397 e. The van der Waals surface area contributed by atoms with E-state index in [0.717, 1.165) is 30.6 Å². The maximum atomic E-state index is 12.0. The van der Waals surface area contributed by atoms with Crippen LogP contribution in [0.3, 0.4) is 0 Å². The van der Waals surface area contributed by atoms with E-state index in [4.69, 9.17) is 5.73 Å². The topological polar surface area (TPSA) is 87.5 Å². The van der Waals surface area contributed by atoms with Crippen LogP contribution >= 0.6 is 0 Å². The van der Waals surface area contributed by atoms with Crippen LogP contribution in [-0.4, -0.2) is 25.9 Å². The molecule has 4 N–H and O–H groups in total. The van der Waals surface area contributed by atoms with Crippen molar-refractivity contribution >= 4 is 34.6 Å². The number of nitrogens with zero attached hydrogens (tertiary/aromatic N) is 1. The molecule has 0 atom stereocenters. The number of carbonyl (C=O) groups is 2. The van der Waals surface area contributed by atoms with Crippen molar-refractivity contribution in [2.45, 2.75) is 32.1 Å². The fraction of sp³-hybridized carbons (Fsp3) is 0.333. The van der Waals surface area contributed by atoms with E-state index in [9.17, 15) is 9.59 Å². The van der Waals surface area contributed by atoms with Crippen LogP contribution in [-0.2, 0) is 9.59 Å². The van der Waals surface area contributed by atoms with Crippen molar-refractivity contribution in [3.8, 4) is 0 Å². The number of para-hydroxylation sites is 2. The summed E-state index contributed by atoms with van der Waals surface area (Å²) in [7, 11) is 3.95. The van der Waals surface area contributed by atoms with E-state index in [1.807, 2.05) is 55.4 Å². The number of anilines is 4. The fourth-order valence-electron chi connectivity index (χ4n) is 2.64. The van der Waals surface area contributed by atoms with Gasteiger partial charge in [0.2, 0.25) is 11.8 Å². The lowest BCUT2D eigenvalue weighted by Gasteiger charge is -2.13. The summed E-state index contributed by atoms with van der Waals surface area (Å²) in [6, 6.07) is 14.9. The van der Waals surface area contributed by atoms with Crippen LogP contribution in [0, 0.1) is 0 Å². The van der Waals surface area contributed by atoms with E-state index >= 15 is 0 Å². The minimum atomic E-state index is -0.0571. The maximum absolute atomic E-state index is 12.0. The highest BCUT2D eigenvalue weighted by Crippen LogP contribution is 2.18. The molecule has 2 aromatic carbocycles. The average Bonchev–Trinajstić information content (AvgIpc) is 2.64. The molecule has 0 spiro atoms. The lowest BCUT2D eigenvalue weighted by atomic mass is 10.1. The molecule has 6 heteroatoms. The molecule has 0 saturated heterocycles. The summed E-state index contributed by atoms with van der Waals surface area (Å²) in [4.78, 5) is 25.9. The van der Waals surface area contributed by atoms with Gasteiger partial charge in [-0.05, 0) is 49.2 Å². The smallest absolute Gasteiger partial charge is 0.224 e. The lowest BCUT2D eigenvalue weighted by Crippen LogP contribution is -2.13. The molecule has 2 aromatic rings. The third-order valence-corrected chi connectivity index (χ3v) is 4.21. The molecule has 0 heterocycles.